The Kier molecular flexibility index (Phi) is 4.74. The average molecular weight is 270 g/mol. The largest absolute Gasteiger partial charge is 0.364 e. The maximum atomic E-state index is 13.4. The van der Waals surface area contributed by atoms with E-state index in [9.17, 15) is 18.0 Å². The third-order valence-corrected chi connectivity index (χ3v) is 2.23. The number of nitrogens with zero attached hydrogens (tertiary/aromatic N) is 1. The minimum atomic E-state index is -1.26. The van der Waals surface area contributed by atoms with Gasteiger partial charge in [-0.2, -0.15) is 0 Å². The van der Waals surface area contributed by atoms with Crippen LogP contribution < -0.4 is 5.32 Å². The molecule has 1 aromatic rings. The molecule has 1 N–H and O–H groups in total. The van der Waals surface area contributed by atoms with E-state index in [4.69, 9.17) is 0 Å². The van der Waals surface area contributed by atoms with Crippen molar-refractivity contribution in [3.8, 4) is 0 Å². The van der Waals surface area contributed by atoms with Gasteiger partial charge >= 0.3 is 0 Å². The van der Waals surface area contributed by atoms with Crippen molar-refractivity contribution in [1.82, 2.24) is 10.2 Å². The first-order valence-electron chi connectivity index (χ1n) is 5.32. The molecule has 1 rings (SSSR count). The molecule has 3 nitrogen and oxygen atoms in total. The van der Waals surface area contributed by atoms with E-state index < -0.39 is 28.9 Å². The molecule has 19 heavy (non-hydrogen) atoms. The summed E-state index contributed by atoms with van der Waals surface area (Å²) in [6.45, 7) is 3.46. The molecule has 0 saturated heterocycles. The Morgan fingerprint density at radius 2 is 1.79 bits per heavy atom. The molecule has 6 heteroatoms. The highest BCUT2D eigenvalue weighted by atomic mass is 19.1. The summed E-state index contributed by atoms with van der Waals surface area (Å²) < 4.78 is 39.5. The Morgan fingerprint density at radius 1 is 1.26 bits per heavy atom. The highest BCUT2D eigenvalue weighted by Gasteiger charge is 2.20. The van der Waals surface area contributed by atoms with Crippen molar-refractivity contribution < 1.29 is 18.0 Å². The second-order valence-corrected chi connectivity index (χ2v) is 3.88. The summed E-state index contributed by atoms with van der Waals surface area (Å²) in [6.07, 6.45) is 2.87. The molecule has 0 saturated carbocycles. The second-order valence-electron chi connectivity index (χ2n) is 3.88. The predicted octanol–water partition coefficient (Wildman–Crippen LogP) is 2.42. The van der Waals surface area contributed by atoms with Crippen molar-refractivity contribution in [2.24, 2.45) is 0 Å². The number of halogens is 3. The molecule has 0 radical (unpaired) electrons. The smallest absolute Gasteiger partial charge is 0.262 e. The molecule has 0 aromatic heterocycles. The molecule has 0 unspecified atom stereocenters. The lowest BCUT2D eigenvalue weighted by Crippen LogP contribution is -2.32. The van der Waals surface area contributed by atoms with E-state index in [1.165, 1.54) is 17.1 Å². The molecule has 0 spiro atoms. The number of carbonyl (C=O) groups excluding carboxylic acids is 1. The first-order chi connectivity index (χ1) is 8.86. The van der Waals surface area contributed by atoms with Gasteiger partial charge in [-0.3, -0.25) is 4.79 Å². The number of hydrogen-bond acceptors (Lipinski definition) is 2. The van der Waals surface area contributed by atoms with E-state index in [-0.39, 0.29) is 0 Å². The van der Waals surface area contributed by atoms with E-state index >= 15 is 0 Å². The average Bonchev–Trinajstić information content (AvgIpc) is 2.26. The summed E-state index contributed by atoms with van der Waals surface area (Å²) in [4.78, 5) is 13.3. The zero-order valence-corrected chi connectivity index (χ0v) is 10.5. The third kappa shape index (κ3) is 3.61. The number of allylic oxidation sites excluding steroid dienone is 2. The van der Waals surface area contributed by atoms with Gasteiger partial charge in [-0.05, 0) is 6.08 Å². The number of amides is 1. The van der Waals surface area contributed by atoms with Crippen molar-refractivity contribution in [2.75, 3.05) is 14.1 Å². The van der Waals surface area contributed by atoms with Crippen molar-refractivity contribution in [3.05, 3.63) is 59.7 Å². The van der Waals surface area contributed by atoms with E-state index in [1.807, 2.05) is 0 Å². The van der Waals surface area contributed by atoms with Crippen molar-refractivity contribution in [3.63, 3.8) is 0 Å². The molecule has 1 amide bonds. The molecule has 0 aliphatic rings. The molecular formula is C13H13F3N2O. The van der Waals surface area contributed by atoms with Gasteiger partial charge < -0.3 is 10.2 Å². The normalized spacial score (nSPS) is 11.1. The predicted molar refractivity (Wildman–Crippen MR) is 65.7 cm³/mol. The highest BCUT2D eigenvalue weighted by Crippen LogP contribution is 2.15. The SMILES string of the molecule is C=C/C=C(/NC(=O)c1c(F)cc(F)cc1F)N(C)C. The molecule has 0 fully saturated rings. The first kappa shape index (κ1) is 14.8. The molecule has 1 aromatic carbocycles. The van der Waals surface area contributed by atoms with Crippen LogP contribution in [0.5, 0.6) is 0 Å². The van der Waals surface area contributed by atoms with Crippen LogP contribution in [-0.2, 0) is 0 Å². The van der Waals surface area contributed by atoms with Crippen LogP contribution in [0.2, 0.25) is 0 Å². The van der Waals surface area contributed by atoms with Crippen LogP contribution >= 0.6 is 0 Å². The van der Waals surface area contributed by atoms with Crippen molar-refractivity contribution >= 4 is 5.91 Å². The first-order valence-corrected chi connectivity index (χ1v) is 5.32. The molecule has 102 valence electrons. The molecule has 0 aliphatic heterocycles. The minimum absolute atomic E-state index is 0.295. The Balaban J connectivity index is 3.08. The Labute approximate surface area is 109 Å². The van der Waals surface area contributed by atoms with Gasteiger partial charge in [0.25, 0.3) is 5.91 Å². The molecule has 0 bridgehead atoms. The van der Waals surface area contributed by atoms with Gasteiger partial charge in [-0.15, -0.1) is 0 Å². The van der Waals surface area contributed by atoms with Gasteiger partial charge in [0.2, 0.25) is 0 Å². The van der Waals surface area contributed by atoms with Crippen molar-refractivity contribution in [2.45, 2.75) is 0 Å². The van der Waals surface area contributed by atoms with Gasteiger partial charge in [0, 0.05) is 26.2 Å². The summed E-state index contributed by atoms with van der Waals surface area (Å²) >= 11 is 0. The van der Waals surface area contributed by atoms with Crippen LogP contribution in [0.1, 0.15) is 10.4 Å². The number of carbonyl (C=O) groups is 1. The van der Waals surface area contributed by atoms with Gasteiger partial charge in [0.1, 0.15) is 28.8 Å². The van der Waals surface area contributed by atoms with Gasteiger partial charge in [-0.25, -0.2) is 13.2 Å². The highest BCUT2D eigenvalue weighted by molar-refractivity contribution is 5.95. The topological polar surface area (TPSA) is 32.3 Å². The fraction of sp³-hybridized carbons (Fsp3) is 0.154. The summed E-state index contributed by atoms with van der Waals surface area (Å²) in [7, 11) is 3.26. The molecular weight excluding hydrogens is 257 g/mol. The van der Waals surface area contributed by atoms with Crippen LogP contribution in [0.3, 0.4) is 0 Å². The van der Waals surface area contributed by atoms with E-state index in [1.54, 1.807) is 14.1 Å². The number of benzene rings is 1. The fourth-order valence-corrected chi connectivity index (χ4v) is 1.35. The molecule has 0 aliphatic carbocycles. The number of nitrogens with one attached hydrogen (secondary N) is 1. The lowest BCUT2D eigenvalue weighted by atomic mass is 10.2. The number of rotatable bonds is 4. The summed E-state index contributed by atoms with van der Waals surface area (Å²) in [6, 6.07) is 0.898. The molecule has 0 atom stereocenters. The van der Waals surface area contributed by atoms with Gasteiger partial charge in [0.05, 0.1) is 0 Å². The van der Waals surface area contributed by atoms with E-state index in [2.05, 4.69) is 11.9 Å². The van der Waals surface area contributed by atoms with E-state index in [0.717, 1.165) is 0 Å². The Hall–Kier alpha value is -2.24. The van der Waals surface area contributed by atoms with E-state index in [0.29, 0.717) is 18.0 Å². The van der Waals surface area contributed by atoms with Crippen LogP contribution in [0.25, 0.3) is 0 Å². The standard InChI is InChI=1S/C13H13F3N2O/c1-4-5-11(18(2)3)17-13(19)12-9(15)6-8(14)7-10(12)16/h4-7H,1H2,2-3H3,(H,17,19)/b11-5-. The fourth-order valence-electron chi connectivity index (χ4n) is 1.35. The van der Waals surface area contributed by atoms with Crippen LogP contribution in [0.4, 0.5) is 13.2 Å². The quantitative estimate of drug-likeness (QED) is 0.852. The minimum Gasteiger partial charge on any atom is -0.364 e. The monoisotopic (exact) mass is 270 g/mol. The van der Waals surface area contributed by atoms with Crippen LogP contribution in [0.15, 0.2) is 36.7 Å². The number of hydrogen-bond donors (Lipinski definition) is 1. The van der Waals surface area contributed by atoms with Gasteiger partial charge in [0.15, 0.2) is 0 Å². The summed E-state index contributed by atoms with van der Waals surface area (Å²) in [5, 5.41) is 2.31. The maximum Gasteiger partial charge on any atom is 0.262 e. The zero-order valence-electron chi connectivity index (χ0n) is 10.5. The lowest BCUT2D eigenvalue weighted by molar-refractivity contribution is 0.0947. The maximum absolute atomic E-state index is 13.4. The van der Waals surface area contributed by atoms with Crippen LogP contribution in [0, 0.1) is 17.5 Å². The lowest BCUT2D eigenvalue weighted by Gasteiger charge is -2.18. The third-order valence-electron chi connectivity index (χ3n) is 2.23. The Morgan fingerprint density at radius 3 is 2.21 bits per heavy atom. The zero-order chi connectivity index (χ0) is 14.6. The summed E-state index contributed by atoms with van der Waals surface area (Å²) in [5.41, 5.74) is -0.835. The Bertz CT molecular complexity index is 516. The molecule has 0 heterocycles. The van der Waals surface area contributed by atoms with Crippen molar-refractivity contribution in [1.29, 1.82) is 0 Å². The summed E-state index contributed by atoms with van der Waals surface area (Å²) in [5.74, 6) is -4.31. The van der Waals surface area contributed by atoms with Crippen LogP contribution in [-0.4, -0.2) is 24.9 Å². The second kappa shape index (κ2) is 6.08. The van der Waals surface area contributed by atoms with Gasteiger partial charge in [-0.1, -0.05) is 12.7 Å².